The van der Waals surface area contributed by atoms with Gasteiger partial charge in [0.1, 0.15) is 11.6 Å². The Labute approximate surface area is 192 Å². The van der Waals surface area contributed by atoms with Crippen molar-refractivity contribution in [1.82, 2.24) is 25.0 Å². The third kappa shape index (κ3) is 6.31. The Morgan fingerprint density at radius 2 is 2.06 bits per heavy atom. The average molecular weight is 439 g/mol. The molecule has 1 atom stereocenters. The van der Waals surface area contributed by atoms with Crippen molar-refractivity contribution < 1.29 is 4.74 Å². The number of likely N-dealkylation sites (tertiary alicyclic amines) is 1. The van der Waals surface area contributed by atoms with Gasteiger partial charge in [0.2, 0.25) is 0 Å². The van der Waals surface area contributed by atoms with Crippen molar-refractivity contribution in [2.24, 2.45) is 10.9 Å². The lowest BCUT2D eigenvalue weighted by atomic mass is 10.1. The van der Waals surface area contributed by atoms with Gasteiger partial charge in [-0.3, -0.25) is 4.99 Å². The van der Waals surface area contributed by atoms with E-state index < -0.39 is 0 Å². The van der Waals surface area contributed by atoms with E-state index in [1.807, 2.05) is 6.07 Å². The van der Waals surface area contributed by atoms with Gasteiger partial charge >= 0.3 is 0 Å². The van der Waals surface area contributed by atoms with E-state index in [0.717, 1.165) is 76.8 Å². The van der Waals surface area contributed by atoms with Crippen molar-refractivity contribution in [2.45, 2.75) is 65.0 Å². The van der Waals surface area contributed by atoms with Crippen LogP contribution >= 0.6 is 0 Å². The third-order valence-corrected chi connectivity index (χ3v) is 6.39. The summed E-state index contributed by atoms with van der Waals surface area (Å²) in [4.78, 5) is 7.31. The number of ether oxygens (including phenoxy) is 1. The second-order valence-corrected chi connectivity index (χ2v) is 8.94. The molecular formula is C25H38N6O. The molecule has 1 saturated heterocycles. The highest BCUT2D eigenvalue weighted by molar-refractivity contribution is 5.80. The molecule has 4 rings (SSSR count). The fourth-order valence-electron chi connectivity index (χ4n) is 4.66. The Morgan fingerprint density at radius 1 is 1.16 bits per heavy atom. The van der Waals surface area contributed by atoms with Gasteiger partial charge in [-0.15, -0.1) is 10.2 Å². The second-order valence-electron chi connectivity index (χ2n) is 8.94. The summed E-state index contributed by atoms with van der Waals surface area (Å²) in [5.74, 6) is 3.91. The number of aryl methyl sites for hydroxylation is 2. The van der Waals surface area contributed by atoms with E-state index in [9.17, 15) is 0 Å². The monoisotopic (exact) mass is 438 g/mol. The third-order valence-electron chi connectivity index (χ3n) is 6.39. The molecule has 0 aliphatic carbocycles. The lowest BCUT2D eigenvalue weighted by Crippen LogP contribution is -2.40. The number of rotatable bonds is 9. The van der Waals surface area contributed by atoms with Crippen molar-refractivity contribution in [3.8, 4) is 0 Å². The normalized spacial score (nSPS) is 19.1. The zero-order chi connectivity index (χ0) is 22.0. The average Bonchev–Trinajstić information content (AvgIpc) is 3.37. The van der Waals surface area contributed by atoms with E-state index in [1.54, 1.807) is 0 Å². The van der Waals surface area contributed by atoms with Crippen LogP contribution in [-0.2, 0) is 30.7 Å². The Hall–Kier alpha value is -2.41. The summed E-state index contributed by atoms with van der Waals surface area (Å²) in [6.45, 7) is 8.48. The van der Waals surface area contributed by atoms with Gasteiger partial charge in [0.05, 0.1) is 13.2 Å². The highest BCUT2D eigenvalue weighted by Crippen LogP contribution is 2.18. The summed E-state index contributed by atoms with van der Waals surface area (Å²) in [6.07, 6.45) is 7.96. The highest BCUT2D eigenvalue weighted by atomic mass is 16.5. The Kier molecular flexibility index (Phi) is 8.54. The van der Waals surface area contributed by atoms with Crippen molar-refractivity contribution >= 4 is 5.96 Å². The first-order valence-electron chi connectivity index (χ1n) is 12.4. The predicted octanol–water partition coefficient (Wildman–Crippen LogP) is 3.44. The SMILES string of the molecule is CCNC(=NCCCc1nnc2n1CCCCC2)N1CCC(COCc2ccccc2)C1. The number of fused-ring (bicyclic) bond motifs is 1. The summed E-state index contributed by atoms with van der Waals surface area (Å²) < 4.78 is 8.33. The van der Waals surface area contributed by atoms with E-state index in [4.69, 9.17) is 9.73 Å². The molecule has 0 amide bonds. The van der Waals surface area contributed by atoms with Crippen molar-refractivity contribution in [2.75, 3.05) is 32.8 Å². The van der Waals surface area contributed by atoms with Gasteiger partial charge in [-0.1, -0.05) is 36.8 Å². The minimum Gasteiger partial charge on any atom is -0.376 e. The Morgan fingerprint density at radius 3 is 2.94 bits per heavy atom. The smallest absolute Gasteiger partial charge is 0.193 e. The van der Waals surface area contributed by atoms with Crippen LogP contribution < -0.4 is 5.32 Å². The van der Waals surface area contributed by atoms with Crippen LogP contribution in [0.5, 0.6) is 0 Å². The number of benzene rings is 1. The van der Waals surface area contributed by atoms with Crippen LogP contribution in [0.2, 0.25) is 0 Å². The fourth-order valence-corrected chi connectivity index (χ4v) is 4.66. The number of hydrogen-bond donors (Lipinski definition) is 1. The second kappa shape index (κ2) is 12.0. The number of guanidine groups is 1. The molecule has 7 nitrogen and oxygen atoms in total. The van der Waals surface area contributed by atoms with Crippen molar-refractivity contribution in [1.29, 1.82) is 0 Å². The van der Waals surface area contributed by atoms with Crippen LogP contribution in [0.1, 0.15) is 56.2 Å². The molecule has 0 spiro atoms. The van der Waals surface area contributed by atoms with E-state index >= 15 is 0 Å². The van der Waals surface area contributed by atoms with Crippen LogP contribution in [0.15, 0.2) is 35.3 Å². The minimum absolute atomic E-state index is 0.564. The molecule has 1 fully saturated rings. The van der Waals surface area contributed by atoms with Crippen LogP contribution in [0.4, 0.5) is 0 Å². The molecule has 2 aromatic rings. The fraction of sp³-hybridized carbons (Fsp3) is 0.640. The molecule has 0 saturated carbocycles. The van der Waals surface area contributed by atoms with Gasteiger partial charge in [-0.2, -0.15) is 0 Å². The standard InChI is InChI=1S/C25H38N6O/c1-2-26-25(27-15-9-13-24-29-28-23-12-7-4-8-16-31(23)24)30-17-14-22(18-30)20-32-19-21-10-5-3-6-11-21/h3,5-6,10-11,22H,2,4,7-9,12-20H2,1H3,(H,26,27). The summed E-state index contributed by atoms with van der Waals surface area (Å²) in [5, 5.41) is 12.4. The van der Waals surface area contributed by atoms with Gasteiger partial charge in [0.15, 0.2) is 5.96 Å². The molecule has 7 heteroatoms. The van der Waals surface area contributed by atoms with E-state index in [1.165, 1.54) is 30.7 Å². The summed E-state index contributed by atoms with van der Waals surface area (Å²) in [6, 6.07) is 10.4. The quantitative estimate of drug-likeness (QED) is 0.369. The largest absolute Gasteiger partial charge is 0.376 e. The molecule has 0 bridgehead atoms. The van der Waals surface area contributed by atoms with E-state index in [2.05, 4.69) is 56.2 Å². The zero-order valence-corrected chi connectivity index (χ0v) is 19.5. The van der Waals surface area contributed by atoms with Crippen molar-refractivity contribution in [3.63, 3.8) is 0 Å². The minimum atomic E-state index is 0.564. The summed E-state index contributed by atoms with van der Waals surface area (Å²) >= 11 is 0. The van der Waals surface area contributed by atoms with Crippen LogP contribution in [0.3, 0.4) is 0 Å². The maximum absolute atomic E-state index is 5.98. The zero-order valence-electron chi connectivity index (χ0n) is 19.5. The molecule has 2 aliphatic heterocycles. The molecule has 1 unspecified atom stereocenters. The predicted molar refractivity (Wildman–Crippen MR) is 128 cm³/mol. The number of nitrogens with zero attached hydrogens (tertiary/aromatic N) is 5. The molecule has 32 heavy (non-hydrogen) atoms. The van der Waals surface area contributed by atoms with Gasteiger partial charge in [0, 0.05) is 51.5 Å². The maximum Gasteiger partial charge on any atom is 0.193 e. The van der Waals surface area contributed by atoms with Crippen LogP contribution in [0, 0.1) is 5.92 Å². The summed E-state index contributed by atoms with van der Waals surface area (Å²) in [5.41, 5.74) is 1.24. The molecular weight excluding hydrogens is 400 g/mol. The van der Waals surface area contributed by atoms with E-state index in [0.29, 0.717) is 12.5 Å². The van der Waals surface area contributed by atoms with Gasteiger partial charge in [-0.05, 0) is 38.2 Å². The topological polar surface area (TPSA) is 67.6 Å². The van der Waals surface area contributed by atoms with E-state index in [-0.39, 0.29) is 0 Å². The highest BCUT2D eigenvalue weighted by Gasteiger charge is 2.25. The molecule has 2 aliphatic rings. The first-order chi connectivity index (χ1) is 15.8. The number of nitrogens with one attached hydrogen (secondary N) is 1. The van der Waals surface area contributed by atoms with Crippen LogP contribution in [0.25, 0.3) is 0 Å². The van der Waals surface area contributed by atoms with Gasteiger partial charge < -0.3 is 19.5 Å². The molecule has 1 aromatic carbocycles. The van der Waals surface area contributed by atoms with Crippen molar-refractivity contribution in [3.05, 3.63) is 47.5 Å². The molecule has 0 radical (unpaired) electrons. The molecule has 1 N–H and O–H groups in total. The number of aliphatic imine (C=N–C) groups is 1. The Balaban J connectivity index is 1.22. The van der Waals surface area contributed by atoms with Gasteiger partial charge in [0.25, 0.3) is 0 Å². The summed E-state index contributed by atoms with van der Waals surface area (Å²) in [7, 11) is 0. The lowest BCUT2D eigenvalue weighted by Gasteiger charge is -2.21. The number of hydrogen-bond acceptors (Lipinski definition) is 4. The number of aromatic nitrogens is 3. The molecule has 3 heterocycles. The first kappa shape index (κ1) is 22.8. The molecule has 1 aromatic heterocycles. The first-order valence-corrected chi connectivity index (χ1v) is 12.4. The maximum atomic E-state index is 5.98. The lowest BCUT2D eigenvalue weighted by molar-refractivity contribution is 0.0907. The Bertz CT molecular complexity index is 849. The molecule has 174 valence electrons. The van der Waals surface area contributed by atoms with Gasteiger partial charge in [-0.25, -0.2) is 0 Å². The van der Waals surface area contributed by atoms with Crippen LogP contribution in [-0.4, -0.2) is 58.4 Å².